The zero-order valence-electron chi connectivity index (χ0n) is 9.09. The summed E-state index contributed by atoms with van der Waals surface area (Å²) in [5.41, 5.74) is 2.42. The number of halogens is 2. The highest BCUT2D eigenvalue weighted by atomic mass is 79.9. The fourth-order valence-corrected chi connectivity index (χ4v) is 2.25. The predicted molar refractivity (Wildman–Crippen MR) is 69.1 cm³/mol. The summed E-state index contributed by atoms with van der Waals surface area (Å²) in [4.78, 5) is 0.403. The van der Waals surface area contributed by atoms with E-state index in [0.717, 1.165) is 24.5 Å². The fraction of sp³-hybridized carbons (Fsp3) is 0.500. The Morgan fingerprint density at radius 1 is 1.47 bits per heavy atom. The molecule has 1 nitrogen and oxygen atoms in total. The van der Waals surface area contributed by atoms with Crippen LogP contribution in [0.15, 0.2) is 18.2 Å². The Kier molecular flexibility index (Phi) is 5.65. The molecular formula is C12H16BrClO. The number of hydrogen-bond acceptors (Lipinski definition) is 1. The van der Waals surface area contributed by atoms with Gasteiger partial charge in [0, 0.05) is 17.0 Å². The highest BCUT2D eigenvalue weighted by Gasteiger charge is 2.06. The van der Waals surface area contributed by atoms with Gasteiger partial charge >= 0.3 is 0 Å². The highest BCUT2D eigenvalue weighted by Crippen LogP contribution is 2.20. The van der Waals surface area contributed by atoms with Crippen LogP contribution < -0.4 is 0 Å². The second-order valence-corrected chi connectivity index (χ2v) is 5.39. The van der Waals surface area contributed by atoms with Crippen LogP contribution in [0, 0.1) is 6.92 Å². The normalized spacial score (nSPS) is 12.8. The third-order valence-corrected chi connectivity index (χ3v) is 3.36. The van der Waals surface area contributed by atoms with Gasteiger partial charge in [-0.1, -0.05) is 39.7 Å². The zero-order valence-corrected chi connectivity index (χ0v) is 11.4. The monoisotopic (exact) mass is 290 g/mol. The quantitative estimate of drug-likeness (QED) is 0.745. The molecule has 0 aromatic heterocycles. The van der Waals surface area contributed by atoms with E-state index in [9.17, 15) is 0 Å². The van der Waals surface area contributed by atoms with Gasteiger partial charge in [-0.2, -0.15) is 0 Å². The molecule has 1 unspecified atom stereocenters. The summed E-state index contributed by atoms with van der Waals surface area (Å²) in [5.74, 6) is 0. The predicted octanol–water partition coefficient (Wildman–Crippen LogP) is 3.99. The van der Waals surface area contributed by atoms with Crippen LogP contribution >= 0.6 is 27.5 Å². The average molecular weight is 292 g/mol. The maximum atomic E-state index is 6.14. The van der Waals surface area contributed by atoms with E-state index in [2.05, 4.69) is 28.1 Å². The van der Waals surface area contributed by atoms with Crippen molar-refractivity contribution in [2.75, 3.05) is 13.7 Å². The molecule has 0 spiro atoms. The van der Waals surface area contributed by atoms with Crippen molar-refractivity contribution in [3.63, 3.8) is 0 Å². The first kappa shape index (κ1) is 13.0. The first-order valence-electron chi connectivity index (χ1n) is 5.01. The van der Waals surface area contributed by atoms with Crippen molar-refractivity contribution in [2.45, 2.75) is 24.6 Å². The van der Waals surface area contributed by atoms with E-state index in [1.54, 1.807) is 7.11 Å². The lowest BCUT2D eigenvalue weighted by molar-refractivity contribution is 0.198. The highest BCUT2D eigenvalue weighted by molar-refractivity contribution is 9.09. The second kappa shape index (κ2) is 6.51. The van der Waals surface area contributed by atoms with Gasteiger partial charge in [0.15, 0.2) is 0 Å². The van der Waals surface area contributed by atoms with Crippen molar-refractivity contribution < 1.29 is 4.74 Å². The summed E-state index contributed by atoms with van der Waals surface area (Å²) in [6.45, 7) is 2.79. The smallest absolute Gasteiger partial charge is 0.0587 e. The van der Waals surface area contributed by atoms with Crippen LogP contribution in [0.4, 0.5) is 0 Å². The van der Waals surface area contributed by atoms with Gasteiger partial charge in [-0.25, -0.2) is 0 Å². The molecule has 15 heavy (non-hydrogen) atoms. The first-order valence-corrected chi connectivity index (χ1v) is 6.31. The first-order chi connectivity index (χ1) is 7.13. The van der Waals surface area contributed by atoms with Crippen LogP contribution in [0.2, 0.25) is 5.02 Å². The molecule has 0 bridgehead atoms. The minimum absolute atomic E-state index is 0.403. The van der Waals surface area contributed by atoms with Crippen molar-refractivity contribution in [1.29, 1.82) is 0 Å². The third kappa shape index (κ3) is 4.54. The van der Waals surface area contributed by atoms with Crippen LogP contribution in [0.5, 0.6) is 0 Å². The van der Waals surface area contributed by atoms with E-state index in [-0.39, 0.29) is 0 Å². The maximum Gasteiger partial charge on any atom is 0.0587 e. The van der Waals surface area contributed by atoms with Gasteiger partial charge in [0.25, 0.3) is 0 Å². The summed E-state index contributed by atoms with van der Waals surface area (Å²) in [5, 5.41) is 0.868. The van der Waals surface area contributed by atoms with E-state index < -0.39 is 0 Å². The van der Waals surface area contributed by atoms with Gasteiger partial charge in [-0.3, -0.25) is 0 Å². The molecule has 0 saturated heterocycles. The second-order valence-electron chi connectivity index (χ2n) is 3.69. The zero-order chi connectivity index (χ0) is 11.3. The third-order valence-electron chi connectivity index (χ3n) is 2.28. The fourth-order valence-electron chi connectivity index (χ4n) is 1.43. The van der Waals surface area contributed by atoms with Gasteiger partial charge < -0.3 is 4.74 Å². The van der Waals surface area contributed by atoms with Gasteiger partial charge in [0.05, 0.1) is 6.61 Å². The Balaban J connectivity index is 2.50. The molecule has 0 N–H and O–H groups in total. The molecule has 0 fully saturated rings. The molecule has 0 heterocycles. The number of methoxy groups -OCH3 is 1. The standard InChI is InChI=1S/C12H16BrClO/c1-9-3-4-10(12(14)7-9)5-6-11(13)8-15-2/h3-4,7,11H,5-6,8H2,1-2H3. The molecule has 84 valence electrons. The minimum atomic E-state index is 0.403. The van der Waals surface area contributed by atoms with Crippen LogP contribution in [-0.2, 0) is 11.2 Å². The summed E-state index contributed by atoms with van der Waals surface area (Å²) in [6.07, 6.45) is 2.02. The van der Waals surface area contributed by atoms with Crippen LogP contribution in [0.3, 0.4) is 0 Å². The summed E-state index contributed by atoms with van der Waals surface area (Å²) >= 11 is 9.71. The van der Waals surface area contributed by atoms with Crippen molar-refractivity contribution in [2.24, 2.45) is 0 Å². The summed E-state index contributed by atoms with van der Waals surface area (Å²) in [6, 6.07) is 6.21. The molecule has 0 aliphatic rings. The lowest BCUT2D eigenvalue weighted by Gasteiger charge is -2.09. The Morgan fingerprint density at radius 3 is 2.80 bits per heavy atom. The molecule has 0 amide bonds. The summed E-state index contributed by atoms with van der Waals surface area (Å²) < 4.78 is 5.06. The van der Waals surface area contributed by atoms with E-state index in [0.29, 0.717) is 4.83 Å². The molecule has 0 saturated carbocycles. The molecule has 1 atom stereocenters. The molecule has 1 aromatic rings. The van der Waals surface area contributed by atoms with Gasteiger partial charge in [-0.15, -0.1) is 0 Å². The number of alkyl halides is 1. The maximum absolute atomic E-state index is 6.14. The van der Waals surface area contributed by atoms with Gasteiger partial charge in [0.2, 0.25) is 0 Å². The number of rotatable bonds is 5. The lowest BCUT2D eigenvalue weighted by atomic mass is 10.1. The van der Waals surface area contributed by atoms with Crippen molar-refractivity contribution in [3.05, 3.63) is 34.3 Å². The molecule has 0 radical (unpaired) electrons. The Labute approximate surface area is 105 Å². The SMILES string of the molecule is COCC(Br)CCc1ccc(C)cc1Cl. The van der Waals surface area contributed by atoms with Crippen molar-refractivity contribution >= 4 is 27.5 Å². The minimum Gasteiger partial charge on any atom is -0.384 e. The molecule has 0 aliphatic carbocycles. The molecule has 3 heteroatoms. The van der Waals surface area contributed by atoms with Crippen LogP contribution in [0.1, 0.15) is 17.5 Å². The topological polar surface area (TPSA) is 9.23 Å². The largest absolute Gasteiger partial charge is 0.384 e. The number of aryl methyl sites for hydroxylation is 2. The number of hydrogen-bond donors (Lipinski definition) is 0. The Hall–Kier alpha value is -0.0500. The Morgan fingerprint density at radius 2 is 2.20 bits per heavy atom. The van der Waals surface area contributed by atoms with Gasteiger partial charge in [-0.05, 0) is 37.0 Å². The van der Waals surface area contributed by atoms with Crippen molar-refractivity contribution in [1.82, 2.24) is 0 Å². The Bertz CT molecular complexity index is 314. The average Bonchev–Trinajstić information content (AvgIpc) is 2.17. The van der Waals surface area contributed by atoms with E-state index in [1.807, 2.05) is 13.0 Å². The van der Waals surface area contributed by atoms with Crippen LogP contribution in [-0.4, -0.2) is 18.5 Å². The lowest BCUT2D eigenvalue weighted by Crippen LogP contribution is -2.07. The van der Waals surface area contributed by atoms with E-state index >= 15 is 0 Å². The molecular weight excluding hydrogens is 275 g/mol. The molecule has 1 aromatic carbocycles. The van der Waals surface area contributed by atoms with Crippen LogP contribution in [0.25, 0.3) is 0 Å². The number of ether oxygens (including phenoxy) is 1. The van der Waals surface area contributed by atoms with E-state index in [4.69, 9.17) is 16.3 Å². The van der Waals surface area contributed by atoms with E-state index in [1.165, 1.54) is 11.1 Å². The van der Waals surface area contributed by atoms with Gasteiger partial charge in [0.1, 0.15) is 0 Å². The molecule has 1 rings (SSSR count). The summed E-state index contributed by atoms with van der Waals surface area (Å²) in [7, 11) is 1.72. The van der Waals surface area contributed by atoms with Crippen molar-refractivity contribution in [3.8, 4) is 0 Å². The number of benzene rings is 1. The molecule has 0 aliphatic heterocycles.